The maximum Gasteiger partial charge on any atom is 0.143 e. The van der Waals surface area contributed by atoms with E-state index in [4.69, 9.17) is 28.9 Å². The molecule has 0 atom stereocenters. The highest BCUT2D eigenvalue weighted by atomic mass is 35.5. The van der Waals surface area contributed by atoms with Crippen molar-refractivity contribution in [2.75, 3.05) is 5.73 Å². The molecule has 0 bridgehead atoms. The Morgan fingerprint density at radius 1 is 1.33 bits per heavy atom. The number of rotatable bonds is 2. The first kappa shape index (κ1) is 11.1. The SMILES string of the molecule is Nc1nc(Sc2cccs2)c(Cl)cc1Cl. The van der Waals surface area contributed by atoms with E-state index in [1.165, 1.54) is 11.8 Å². The van der Waals surface area contributed by atoms with Gasteiger partial charge in [-0.3, -0.25) is 0 Å². The Labute approximate surface area is 105 Å². The van der Waals surface area contributed by atoms with Crippen molar-refractivity contribution < 1.29 is 0 Å². The summed E-state index contributed by atoms with van der Waals surface area (Å²) < 4.78 is 1.12. The second-order valence-electron chi connectivity index (χ2n) is 2.68. The third kappa shape index (κ3) is 2.58. The van der Waals surface area contributed by atoms with Gasteiger partial charge in [-0.15, -0.1) is 11.3 Å². The van der Waals surface area contributed by atoms with Crippen LogP contribution in [0.4, 0.5) is 5.82 Å². The van der Waals surface area contributed by atoms with Gasteiger partial charge in [0, 0.05) is 0 Å². The van der Waals surface area contributed by atoms with Gasteiger partial charge in [0.05, 0.1) is 14.3 Å². The summed E-state index contributed by atoms with van der Waals surface area (Å²) in [6.07, 6.45) is 0. The molecule has 6 heteroatoms. The van der Waals surface area contributed by atoms with E-state index in [0.29, 0.717) is 20.9 Å². The van der Waals surface area contributed by atoms with Crippen LogP contribution in [0.3, 0.4) is 0 Å². The number of halogens is 2. The molecule has 0 saturated heterocycles. The topological polar surface area (TPSA) is 38.9 Å². The molecule has 2 N–H and O–H groups in total. The van der Waals surface area contributed by atoms with Gasteiger partial charge in [-0.2, -0.15) is 0 Å². The standard InChI is InChI=1S/C9H6Cl2N2S2/c10-5-4-6(11)9(13-8(5)12)15-7-2-1-3-14-7/h1-4H,(H2,12,13). The molecule has 0 aliphatic rings. The van der Waals surface area contributed by atoms with Gasteiger partial charge in [0.1, 0.15) is 10.8 Å². The highest BCUT2D eigenvalue weighted by Gasteiger charge is 2.09. The second-order valence-corrected chi connectivity index (χ2v) is 5.73. The summed E-state index contributed by atoms with van der Waals surface area (Å²) >= 11 is 14.9. The van der Waals surface area contributed by atoms with Gasteiger partial charge in [0.2, 0.25) is 0 Å². The Morgan fingerprint density at radius 2 is 2.13 bits per heavy atom. The predicted molar refractivity (Wildman–Crippen MR) is 67.1 cm³/mol. The van der Waals surface area contributed by atoms with Crippen LogP contribution in [0.25, 0.3) is 0 Å². The molecule has 2 heterocycles. The van der Waals surface area contributed by atoms with Crippen LogP contribution in [0.1, 0.15) is 0 Å². The minimum absolute atomic E-state index is 0.306. The van der Waals surface area contributed by atoms with E-state index in [1.807, 2.05) is 17.5 Å². The first-order chi connectivity index (χ1) is 7.16. The smallest absolute Gasteiger partial charge is 0.143 e. The molecule has 0 aliphatic heterocycles. The van der Waals surface area contributed by atoms with Crippen LogP contribution in [0, 0.1) is 0 Å². The van der Waals surface area contributed by atoms with Crippen molar-refractivity contribution >= 4 is 52.1 Å². The summed E-state index contributed by atoms with van der Waals surface area (Å²) in [5.74, 6) is 0.306. The quantitative estimate of drug-likeness (QED) is 0.894. The fourth-order valence-electron chi connectivity index (χ4n) is 0.952. The largest absolute Gasteiger partial charge is 0.382 e. The number of pyridine rings is 1. The molecule has 0 unspecified atom stereocenters. The molecular formula is C9H6Cl2N2S2. The van der Waals surface area contributed by atoms with E-state index >= 15 is 0 Å². The van der Waals surface area contributed by atoms with E-state index in [-0.39, 0.29) is 0 Å². The highest BCUT2D eigenvalue weighted by molar-refractivity contribution is 8.01. The fraction of sp³-hybridized carbons (Fsp3) is 0. The molecule has 0 radical (unpaired) electrons. The Morgan fingerprint density at radius 3 is 2.80 bits per heavy atom. The van der Waals surface area contributed by atoms with Crippen molar-refractivity contribution in [3.05, 3.63) is 33.6 Å². The lowest BCUT2D eigenvalue weighted by Gasteiger charge is -2.03. The summed E-state index contributed by atoms with van der Waals surface area (Å²) in [5, 5.41) is 3.58. The van der Waals surface area contributed by atoms with Crippen molar-refractivity contribution in [1.82, 2.24) is 4.98 Å². The van der Waals surface area contributed by atoms with Gasteiger partial charge in [-0.1, -0.05) is 41.0 Å². The molecule has 0 saturated carbocycles. The lowest BCUT2D eigenvalue weighted by Crippen LogP contribution is -1.93. The van der Waals surface area contributed by atoms with Crippen LogP contribution in [-0.2, 0) is 0 Å². The molecule has 2 aromatic rings. The van der Waals surface area contributed by atoms with E-state index in [1.54, 1.807) is 17.4 Å². The van der Waals surface area contributed by atoms with Crippen LogP contribution >= 0.6 is 46.3 Å². The van der Waals surface area contributed by atoms with Crippen LogP contribution in [0.5, 0.6) is 0 Å². The summed E-state index contributed by atoms with van der Waals surface area (Å²) in [5.41, 5.74) is 5.61. The fourth-order valence-corrected chi connectivity index (χ4v) is 3.11. The molecule has 0 aromatic carbocycles. The molecule has 2 nitrogen and oxygen atoms in total. The summed E-state index contributed by atoms with van der Waals surface area (Å²) in [7, 11) is 0. The predicted octanol–water partition coefficient (Wildman–Crippen LogP) is 4.18. The van der Waals surface area contributed by atoms with Crippen LogP contribution in [-0.4, -0.2) is 4.98 Å². The minimum Gasteiger partial charge on any atom is -0.382 e. The van der Waals surface area contributed by atoms with Gasteiger partial charge in [0.25, 0.3) is 0 Å². The second kappa shape index (κ2) is 4.61. The number of aromatic nitrogens is 1. The van der Waals surface area contributed by atoms with E-state index in [9.17, 15) is 0 Å². The zero-order chi connectivity index (χ0) is 10.8. The third-order valence-electron chi connectivity index (χ3n) is 1.62. The van der Waals surface area contributed by atoms with Gasteiger partial charge < -0.3 is 5.73 Å². The number of hydrogen-bond donors (Lipinski definition) is 1. The Hall–Kier alpha value is -0.420. The summed E-state index contributed by atoms with van der Waals surface area (Å²) in [4.78, 5) is 4.13. The van der Waals surface area contributed by atoms with Crippen molar-refractivity contribution in [3.63, 3.8) is 0 Å². The van der Waals surface area contributed by atoms with Crippen LogP contribution in [0.2, 0.25) is 10.0 Å². The normalized spacial score (nSPS) is 10.5. The maximum atomic E-state index is 6.00. The number of nitrogen functional groups attached to an aromatic ring is 1. The number of nitrogens with zero attached hydrogens (tertiary/aromatic N) is 1. The van der Waals surface area contributed by atoms with Crippen molar-refractivity contribution in [2.45, 2.75) is 9.24 Å². The molecule has 0 aliphatic carbocycles. The molecule has 15 heavy (non-hydrogen) atoms. The third-order valence-corrected chi connectivity index (χ3v) is 4.36. The zero-order valence-corrected chi connectivity index (χ0v) is 10.6. The first-order valence-corrected chi connectivity index (χ1v) is 6.45. The van der Waals surface area contributed by atoms with E-state index in [2.05, 4.69) is 4.98 Å². The van der Waals surface area contributed by atoms with Crippen molar-refractivity contribution in [2.24, 2.45) is 0 Å². The lowest BCUT2D eigenvalue weighted by atomic mass is 10.5. The zero-order valence-electron chi connectivity index (χ0n) is 7.41. The maximum absolute atomic E-state index is 6.00. The van der Waals surface area contributed by atoms with E-state index in [0.717, 1.165) is 4.21 Å². The molecule has 2 rings (SSSR count). The lowest BCUT2D eigenvalue weighted by molar-refractivity contribution is 1.15. The molecule has 2 aromatic heterocycles. The van der Waals surface area contributed by atoms with Crippen molar-refractivity contribution in [1.29, 1.82) is 0 Å². The molecular weight excluding hydrogens is 271 g/mol. The first-order valence-electron chi connectivity index (χ1n) is 3.99. The van der Waals surface area contributed by atoms with Crippen molar-refractivity contribution in [3.8, 4) is 0 Å². The summed E-state index contributed by atoms with van der Waals surface area (Å²) in [6.45, 7) is 0. The molecule has 0 spiro atoms. The van der Waals surface area contributed by atoms with Crippen LogP contribution in [0.15, 0.2) is 32.8 Å². The Balaban J connectivity index is 2.33. The molecule has 0 fully saturated rings. The Kier molecular flexibility index (Phi) is 3.41. The average molecular weight is 277 g/mol. The van der Waals surface area contributed by atoms with E-state index < -0.39 is 0 Å². The Bertz CT molecular complexity index is 471. The van der Waals surface area contributed by atoms with Gasteiger partial charge in [-0.05, 0) is 17.5 Å². The average Bonchev–Trinajstić information content (AvgIpc) is 2.67. The number of thiophene rings is 1. The monoisotopic (exact) mass is 276 g/mol. The van der Waals surface area contributed by atoms with Gasteiger partial charge >= 0.3 is 0 Å². The highest BCUT2D eigenvalue weighted by Crippen LogP contribution is 2.36. The van der Waals surface area contributed by atoms with Gasteiger partial charge in [0.15, 0.2) is 0 Å². The molecule has 0 amide bonds. The number of nitrogens with two attached hydrogens (primary N) is 1. The summed E-state index contributed by atoms with van der Waals surface area (Å²) in [6, 6.07) is 5.58. The van der Waals surface area contributed by atoms with Crippen LogP contribution < -0.4 is 5.73 Å². The minimum atomic E-state index is 0.306. The number of anilines is 1. The number of hydrogen-bond acceptors (Lipinski definition) is 4. The van der Waals surface area contributed by atoms with Gasteiger partial charge in [-0.25, -0.2) is 4.98 Å². The molecule has 78 valence electrons.